The second kappa shape index (κ2) is 8.22. The largest absolute Gasteiger partial charge is 0.391 e. The molecule has 0 bridgehead atoms. The van der Waals surface area contributed by atoms with Gasteiger partial charge in [-0.1, -0.05) is 27.7 Å². The van der Waals surface area contributed by atoms with E-state index in [2.05, 4.69) is 53.6 Å². The molecule has 1 N–H and O–H groups in total. The van der Waals surface area contributed by atoms with Gasteiger partial charge < -0.3 is 14.9 Å². The van der Waals surface area contributed by atoms with Gasteiger partial charge >= 0.3 is 0 Å². The zero-order valence-electron chi connectivity index (χ0n) is 22.4. The van der Waals surface area contributed by atoms with Crippen molar-refractivity contribution in [1.29, 1.82) is 0 Å². The fraction of sp³-hybridized carbons (Fsp3) is 0.966. The molecular formula is C29H50N2O2. The standard InChI is InChI=1S/C29H50N2O2/c1-17(2)20-16-31(27(20)33)25-13-15-29(5)23-12-14-28(4)21(18(3)30(6)7)10-11-22(28)19(23)8-9-24(29)26(25)32/h17-26,32H,8-16H2,1-7H3/t18-,19-,20-,21+,22-,23-,24-,25-,26+,28+,29+/m0/s1. The van der Waals surface area contributed by atoms with Gasteiger partial charge in [-0.2, -0.15) is 0 Å². The van der Waals surface area contributed by atoms with Gasteiger partial charge in [-0.05, 0) is 119 Å². The number of nitrogens with zero attached hydrogens (tertiary/aromatic N) is 2. The Morgan fingerprint density at radius 2 is 1.55 bits per heavy atom. The Kier molecular flexibility index (Phi) is 6.00. The van der Waals surface area contributed by atoms with E-state index >= 15 is 0 Å². The Hall–Kier alpha value is -0.610. The summed E-state index contributed by atoms with van der Waals surface area (Å²) in [6.07, 6.45) is 9.81. The zero-order valence-corrected chi connectivity index (χ0v) is 22.4. The van der Waals surface area contributed by atoms with E-state index in [-0.39, 0.29) is 23.5 Å². The third kappa shape index (κ3) is 3.39. The molecule has 4 saturated carbocycles. The van der Waals surface area contributed by atoms with Crippen molar-refractivity contribution >= 4 is 5.91 Å². The summed E-state index contributed by atoms with van der Waals surface area (Å²) < 4.78 is 0. The number of rotatable bonds is 4. The molecule has 0 spiro atoms. The predicted molar refractivity (Wildman–Crippen MR) is 134 cm³/mol. The zero-order chi connectivity index (χ0) is 23.9. The Labute approximate surface area is 202 Å². The highest BCUT2D eigenvalue weighted by atomic mass is 16.3. The van der Waals surface area contributed by atoms with Crippen molar-refractivity contribution in [2.75, 3.05) is 20.6 Å². The van der Waals surface area contributed by atoms with E-state index in [0.717, 1.165) is 43.1 Å². The minimum absolute atomic E-state index is 0.0628. The van der Waals surface area contributed by atoms with Crippen LogP contribution in [-0.2, 0) is 4.79 Å². The summed E-state index contributed by atoms with van der Waals surface area (Å²) in [5.41, 5.74) is 0.733. The van der Waals surface area contributed by atoms with E-state index in [4.69, 9.17) is 0 Å². The Morgan fingerprint density at radius 3 is 2.18 bits per heavy atom. The number of amides is 1. The lowest BCUT2D eigenvalue weighted by Crippen LogP contribution is -2.66. The van der Waals surface area contributed by atoms with E-state index < -0.39 is 0 Å². The molecule has 1 aliphatic heterocycles. The van der Waals surface area contributed by atoms with Gasteiger partial charge in [0.05, 0.1) is 18.1 Å². The summed E-state index contributed by atoms with van der Waals surface area (Å²) in [6.45, 7) is 12.8. The molecule has 0 radical (unpaired) electrons. The van der Waals surface area contributed by atoms with E-state index in [0.29, 0.717) is 29.2 Å². The summed E-state index contributed by atoms with van der Waals surface area (Å²) in [5.74, 6) is 4.53. The number of fused-ring (bicyclic) bond motifs is 5. The van der Waals surface area contributed by atoms with Crippen LogP contribution in [0.4, 0.5) is 0 Å². The highest BCUT2D eigenvalue weighted by Gasteiger charge is 2.63. The summed E-state index contributed by atoms with van der Waals surface area (Å²) in [7, 11) is 4.51. The van der Waals surface area contributed by atoms with Gasteiger partial charge in [0.2, 0.25) is 5.91 Å². The van der Waals surface area contributed by atoms with Crippen LogP contribution in [0.25, 0.3) is 0 Å². The quantitative estimate of drug-likeness (QED) is 0.600. The molecule has 188 valence electrons. The lowest BCUT2D eigenvalue weighted by Gasteiger charge is -2.63. The number of hydrogen-bond acceptors (Lipinski definition) is 3. The molecule has 0 aromatic heterocycles. The molecule has 5 aliphatic rings. The lowest BCUT2D eigenvalue weighted by molar-refractivity contribution is -0.185. The number of carbonyl (C=O) groups excluding carboxylic acids is 1. The first-order chi connectivity index (χ1) is 15.5. The van der Waals surface area contributed by atoms with Crippen LogP contribution in [-0.4, -0.2) is 59.6 Å². The molecule has 1 saturated heterocycles. The monoisotopic (exact) mass is 458 g/mol. The normalized spacial score (nSPS) is 50.6. The van der Waals surface area contributed by atoms with Gasteiger partial charge in [-0.15, -0.1) is 0 Å². The maximum atomic E-state index is 12.8. The van der Waals surface area contributed by atoms with E-state index in [1.54, 1.807) is 0 Å². The molecule has 1 heterocycles. The second-order valence-electron chi connectivity index (χ2n) is 13.9. The first kappa shape index (κ1) is 24.1. The van der Waals surface area contributed by atoms with Crippen molar-refractivity contribution < 1.29 is 9.90 Å². The molecule has 4 aliphatic carbocycles. The average Bonchev–Trinajstić information content (AvgIpc) is 3.10. The van der Waals surface area contributed by atoms with Crippen LogP contribution in [0.2, 0.25) is 0 Å². The van der Waals surface area contributed by atoms with Gasteiger partial charge in [0, 0.05) is 12.6 Å². The van der Waals surface area contributed by atoms with Crippen LogP contribution in [0.3, 0.4) is 0 Å². The molecule has 11 atom stereocenters. The Morgan fingerprint density at radius 1 is 0.909 bits per heavy atom. The molecule has 1 amide bonds. The van der Waals surface area contributed by atoms with Crippen molar-refractivity contribution in [3.8, 4) is 0 Å². The highest BCUT2D eigenvalue weighted by Crippen LogP contribution is 2.68. The number of β-lactam (4-membered cyclic amide) rings is 1. The third-order valence-corrected chi connectivity index (χ3v) is 12.4. The molecule has 5 fully saturated rings. The highest BCUT2D eigenvalue weighted by molar-refractivity contribution is 5.85. The molecule has 4 heteroatoms. The molecular weight excluding hydrogens is 408 g/mol. The van der Waals surface area contributed by atoms with Gasteiger partial charge in [-0.25, -0.2) is 0 Å². The second-order valence-corrected chi connectivity index (χ2v) is 13.9. The number of aliphatic hydroxyl groups is 1. The number of hydrogen-bond donors (Lipinski definition) is 1. The lowest BCUT2D eigenvalue weighted by atomic mass is 9.44. The topological polar surface area (TPSA) is 43.8 Å². The number of likely N-dealkylation sites (tertiary alicyclic amines) is 1. The van der Waals surface area contributed by atoms with E-state index in [9.17, 15) is 9.90 Å². The van der Waals surface area contributed by atoms with E-state index in [1.807, 2.05) is 4.90 Å². The SMILES string of the molecule is CC(C)[C@@H]1CN([C@H]2CC[C@@]3(C)[C@@H](CC[C@@H]4[C@@H]3CC[C@]3(C)[C@@H]([C@H](C)N(C)C)CC[C@@H]43)[C@H]2O)C1=O. The first-order valence-electron chi connectivity index (χ1n) is 14.2. The van der Waals surface area contributed by atoms with Crippen LogP contribution in [0, 0.1) is 52.3 Å². The predicted octanol–water partition coefficient (Wildman–Crippen LogP) is 5.05. The van der Waals surface area contributed by atoms with Crippen molar-refractivity contribution in [3.63, 3.8) is 0 Å². The van der Waals surface area contributed by atoms with Crippen molar-refractivity contribution in [2.45, 2.75) is 104 Å². The first-order valence-corrected chi connectivity index (χ1v) is 14.2. The van der Waals surface area contributed by atoms with Crippen LogP contribution in [0.15, 0.2) is 0 Å². The van der Waals surface area contributed by atoms with Crippen LogP contribution < -0.4 is 0 Å². The van der Waals surface area contributed by atoms with Crippen LogP contribution >= 0.6 is 0 Å². The van der Waals surface area contributed by atoms with Gasteiger partial charge in [-0.3, -0.25) is 4.79 Å². The minimum atomic E-state index is -0.333. The summed E-state index contributed by atoms with van der Waals surface area (Å²) in [6, 6.07) is 0.720. The Balaban J connectivity index is 1.32. The van der Waals surface area contributed by atoms with Gasteiger partial charge in [0.25, 0.3) is 0 Å². The van der Waals surface area contributed by atoms with E-state index in [1.165, 1.54) is 38.5 Å². The average molecular weight is 459 g/mol. The van der Waals surface area contributed by atoms with Gasteiger partial charge in [0.1, 0.15) is 0 Å². The van der Waals surface area contributed by atoms with Crippen LogP contribution in [0.1, 0.15) is 86.0 Å². The fourth-order valence-corrected chi connectivity index (χ4v) is 10.1. The number of aliphatic hydroxyl groups excluding tert-OH is 1. The summed E-state index contributed by atoms with van der Waals surface area (Å²) >= 11 is 0. The van der Waals surface area contributed by atoms with Crippen molar-refractivity contribution in [2.24, 2.45) is 52.3 Å². The minimum Gasteiger partial charge on any atom is -0.391 e. The number of carbonyl (C=O) groups is 1. The fourth-order valence-electron chi connectivity index (χ4n) is 10.1. The molecule has 0 unspecified atom stereocenters. The van der Waals surface area contributed by atoms with Crippen molar-refractivity contribution in [1.82, 2.24) is 9.80 Å². The van der Waals surface area contributed by atoms with Crippen molar-refractivity contribution in [3.05, 3.63) is 0 Å². The smallest absolute Gasteiger partial charge is 0.228 e. The summed E-state index contributed by atoms with van der Waals surface area (Å²) in [5, 5.41) is 11.6. The van der Waals surface area contributed by atoms with Crippen LogP contribution in [0.5, 0.6) is 0 Å². The maximum Gasteiger partial charge on any atom is 0.228 e. The molecule has 4 nitrogen and oxygen atoms in total. The summed E-state index contributed by atoms with van der Waals surface area (Å²) in [4.78, 5) is 17.3. The molecule has 0 aromatic carbocycles. The third-order valence-electron chi connectivity index (χ3n) is 12.4. The van der Waals surface area contributed by atoms with Gasteiger partial charge in [0.15, 0.2) is 0 Å². The Bertz CT molecular complexity index is 767. The molecule has 0 aromatic rings. The molecule has 33 heavy (non-hydrogen) atoms. The maximum absolute atomic E-state index is 12.8. The molecule has 5 rings (SSSR count).